The van der Waals surface area contributed by atoms with E-state index in [2.05, 4.69) is 15.0 Å². The van der Waals surface area contributed by atoms with Gasteiger partial charge in [0.2, 0.25) is 5.95 Å². The van der Waals surface area contributed by atoms with Crippen molar-refractivity contribution in [3.05, 3.63) is 46.5 Å². The van der Waals surface area contributed by atoms with Crippen LogP contribution in [0.25, 0.3) is 16.9 Å². The number of nitrogens with one attached hydrogen (secondary N) is 1. The maximum atomic E-state index is 12.5. The van der Waals surface area contributed by atoms with E-state index in [9.17, 15) is 18.0 Å². The molecule has 2 aromatic heterocycles. The molecule has 0 fully saturated rings. The zero-order chi connectivity index (χ0) is 15.2. The third-order valence-corrected chi connectivity index (χ3v) is 2.94. The molecule has 9 heteroatoms. The summed E-state index contributed by atoms with van der Waals surface area (Å²) in [6, 6.07) is 4.25. The standard InChI is InChI=1S/C12H8F3N5O/c13-12(14,15)6-1-3-7(4-2-6)20-8-9(19-11(20)16)17-5-18-10(8)21/h1-5H,(H3,16,17,18,19,21). The molecular formula is C12H8F3N5O. The van der Waals surface area contributed by atoms with Gasteiger partial charge in [0.15, 0.2) is 11.2 Å². The van der Waals surface area contributed by atoms with E-state index in [0.29, 0.717) is 5.69 Å². The molecule has 1 aromatic carbocycles. The molecule has 0 atom stereocenters. The topological polar surface area (TPSA) is 89.6 Å². The number of alkyl halides is 3. The van der Waals surface area contributed by atoms with Crippen LogP contribution in [0.1, 0.15) is 5.56 Å². The number of nitrogen functional groups attached to an aromatic ring is 1. The number of nitrogens with two attached hydrogens (primary N) is 1. The average molecular weight is 295 g/mol. The quantitative estimate of drug-likeness (QED) is 0.715. The van der Waals surface area contributed by atoms with E-state index in [0.717, 1.165) is 12.1 Å². The molecule has 0 aliphatic carbocycles. The Balaban J connectivity index is 2.21. The SMILES string of the molecule is Nc1nc2nc[nH]c(=O)c2n1-c1ccc(C(F)(F)F)cc1. The van der Waals surface area contributed by atoms with E-state index >= 15 is 0 Å². The molecule has 0 bridgehead atoms. The number of fused-ring (bicyclic) bond motifs is 1. The number of H-pyrrole nitrogens is 1. The van der Waals surface area contributed by atoms with Gasteiger partial charge in [-0.1, -0.05) is 0 Å². The molecule has 108 valence electrons. The average Bonchev–Trinajstić information content (AvgIpc) is 2.75. The van der Waals surface area contributed by atoms with Crippen LogP contribution in [0.5, 0.6) is 0 Å². The molecule has 2 heterocycles. The van der Waals surface area contributed by atoms with Crippen LogP contribution in [0, 0.1) is 0 Å². The number of benzene rings is 1. The number of hydrogen-bond donors (Lipinski definition) is 2. The van der Waals surface area contributed by atoms with Crippen molar-refractivity contribution < 1.29 is 13.2 Å². The lowest BCUT2D eigenvalue weighted by molar-refractivity contribution is -0.137. The highest BCUT2D eigenvalue weighted by Crippen LogP contribution is 2.30. The summed E-state index contributed by atoms with van der Waals surface area (Å²) in [4.78, 5) is 22.0. The number of halogens is 3. The number of anilines is 1. The summed E-state index contributed by atoms with van der Waals surface area (Å²) in [5.74, 6) is -0.0334. The normalized spacial score (nSPS) is 12.0. The van der Waals surface area contributed by atoms with E-state index in [4.69, 9.17) is 5.73 Å². The van der Waals surface area contributed by atoms with Crippen molar-refractivity contribution in [2.45, 2.75) is 6.18 Å². The summed E-state index contributed by atoms with van der Waals surface area (Å²) in [7, 11) is 0. The fraction of sp³-hybridized carbons (Fsp3) is 0.0833. The van der Waals surface area contributed by atoms with Gasteiger partial charge in [0.1, 0.15) is 0 Å². The molecule has 0 unspecified atom stereocenters. The van der Waals surface area contributed by atoms with Crippen LogP contribution in [0.3, 0.4) is 0 Å². The van der Waals surface area contributed by atoms with Gasteiger partial charge >= 0.3 is 6.18 Å². The van der Waals surface area contributed by atoms with Crippen LogP contribution in [0.15, 0.2) is 35.4 Å². The van der Waals surface area contributed by atoms with Crippen molar-refractivity contribution in [2.24, 2.45) is 0 Å². The lowest BCUT2D eigenvalue weighted by atomic mass is 10.2. The Bertz CT molecular complexity index is 863. The number of hydrogen-bond acceptors (Lipinski definition) is 4. The molecular weight excluding hydrogens is 287 g/mol. The molecule has 6 nitrogen and oxygen atoms in total. The highest BCUT2D eigenvalue weighted by Gasteiger charge is 2.30. The lowest BCUT2D eigenvalue weighted by Gasteiger charge is -2.09. The van der Waals surface area contributed by atoms with Gasteiger partial charge in [-0.25, -0.2) is 4.98 Å². The summed E-state index contributed by atoms with van der Waals surface area (Å²) >= 11 is 0. The number of aromatic amines is 1. The van der Waals surface area contributed by atoms with E-state index in [1.54, 1.807) is 0 Å². The van der Waals surface area contributed by atoms with Crippen molar-refractivity contribution in [2.75, 3.05) is 5.73 Å². The molecule has 0 saturated carbocycles. The predicted molar refractivity (Wildman–Crippen MR) is 68.9 cm³/mol. The van der Waals surface area contributed by atoms with Crippen LogP contribution in [-0.4, -0.2) is 19.5 Å². The number of rotatable bonds is 1. The van der Waals surface area contributed by atoms with E-state index in [1.807, 2.05) is 0 Å². The van der Waals surface area contributed by atoms with Crippen LogP contribution >= 0.6 is 0 Å². The van der Waals surface area contributed by atoms with Crippen LogP contribution in [-0.2, 0) is 6.18 Å². The highest BCUT2D eigenvalue weighted by atomic mass is 19.4. The second-order valence-electron chi connectivity index (χ2n) is 4.25. The number of aromatic nitrogens is 4. The molecule has 0 spiro atoms. The minimum atomic E-state index is -4.43. The zero-order valence-electron chi connectivity index (χ0n) is 10.3. The Morgan fingerprint density at radius 3 is 2.48 bits per heavy atom. The number of nitrogens with zero attached hydrogens (tertiary/aromatic N) is 3. The summed E-state index contributed by atoms with van der Waals surface area (Å²) in [6.07, 6.45) is -3.26. The lowest BCUT2D eigenvalue weighted by Crippen LogP contribution is -2.12. The van der Waals surface area contributed by atoms with Gasteiger partial charge in [-0.15, -0.1) is 0 Å². The zero-order valence-corrected chi connectivity index (χ0v) is 10.3. The third-order valence-electron chi connectivity index (χ3n) is 2.94. The minimum Gasteiger partial charge on any atom is -0.369 e. The smallest absolute Gasteiger partial charge is 0.369 e. The van der Waals surface area contributed by atoms with Gasteiger partial charge < -0.3 is 10.7 Å². The molecule has 0 aliphatic rings. The Morgan fingerprint density at radius 1 is 1.19 bits per heavy atom. The molecule has 3 rings (SSSR count). The van der Waals surface area contributed by atoms with Gasteiger partial charge in [-0.2, -0.15) is 18.2 Å². The second kappa shape index (κ2) is 4.33. The van der Waals surface area contributed by atoms with E-state index in [-0.39, 0.29) is 17.1 Å². The first-order chi connectivity index (χ1) is 9.88. The fourth-order valence-electron chi connectivity index (χ4n) is 2.00. The fourth-order valence-corrected chi connectivity index (χ4v) is 2.00. The summed E-state index contributed by atoms with van der Waals surface area (Å²) in [6.45, 7) is 0. The molecule has 21 heavy (non-hydrogen) atoms. The molecule has 0 radical (unpaired) electrons. The van der Waals surface area contributed by atoms with Crippen LogP contribution in [0.4, 0.5) is 19.1 Å². The van der Waals surface area contributed by atoms with Crippen molar-refractivity contribution in [1.29, 1.82) is 0 Å². The summed E-state index contributed by atoms with van der Waals surface area (Å²) < 4.78 is 38.9. The van der Waals surface area contributed by atoms with Crippen molar-refractivity contribution in [3.8, 4) is 5.69 Å². The first kappa shape index (κ1) is 13.2. The van der Waals surface area contributed by atoms with Crippen LogP contribution in [0.2, 0.25) is 0 Å². The van der Waals surface area contributed by atoms with E-state index in [1.165, 1.54) is 23.0 Å². The molecule has 3 aromatic rings. The maximum absolute atomic E-state index is 12.5. The molecule has 0 saturated heterocycles. The molecule has 0 amide bonds. The minimum absolute atomic E-state index is 0.0334. The van der Waals surface area contributed by atoms with Crippen LogP contribution < -0.4 is 11.3 Å². The number of imidazole rings is 1. The maximum Gasteiger partial charge on any atom is 0.416 e. The monoisotopic (exact) mass is 295 g/mol. The molecule has 3 N–H and O–H groups in total. The Kier molecular flexibility index (Phi) is 2.71. The third kappa shape index (κ3) is 2.12. The van der Waals surface area contributed by atoms with Gasteiger partial charge in [-0.3, -0.25) is 9.36 Å². The Morgan fingerprint density at radius 2 is 1.86 bits per heavy atom. The summed E-state index contributed by atoms with van der Waals surface area (Å²) in [5, 5.41) is 0. The van der Waals surface area contributed by atoms with Gasteiger partial charge in [-0.05, 0) is 24.3 Å². The van der Waals surface area contributed by atoms with Crippen molar-refractivity contribution in [1.82, 2.24) is 19.5 Å². The highest BCUT2D eigenvalue weighted by molar-refractivity contribution is 5.76. The molecule has 0 aliphatic heterocycles. The Hall–Kier alpha value is -2.84. The van der Waals surface area contributed by atoms with Gasteiger partial charge in [0, 0.05) is 5.69 Å². The van der Waals surface area contributed by atoms with Crippen molar-refractivity contribution in [3.63, 3.8) is 0 Å². The Labute approximate surface area is 115 Å². The second-order valence-corrected chi connectivity index (χ2v) is 4.25. The van der Waals surface area contributed by atoms with E-state index < -0.39 is 17.3 Å². The first-order valence-corrected chi connectivity index (χ1v) is 5.77. The summed E-state index contributed by atoms with van der Waals surface area (Å²) in [5.41, 5.74) is 4.94. The largest absolute Gasteiger partial charge is 0.416 e. The van der Waals surface area contributed by atoms with Gasteiger partial charge in [0.05, 0.1) is 11.9 Å². The predicted octanol–water partition coefficient (Wildman–Crippen LogP) is 1.71. The first-order valence-electron chi connectivity index (χ1n) is 5.77. The van der Waals surface area contributed by atoms with Crippen molar-refractivity contribution >= 4 is 17.1 Å². The van der Waals surface area contributed by atoms with Gasteiger partial charge in [0.25, 0.3) is 5.56 Å².